The normalized spacial score (nSPS) is 13.1. The minimum atomic E-state index is -0.757. The van der Waals surface area contributed by atoms with Crippen LogP contribution in [0.1, 0.15) is 79.0 Å². The molecule has 4 rings (SSSR count). The summed E-state index contributed by atoms with van der Waals surface area (Å²) >= 11 is 6.49. The lowest BCUT2D eigenvalue weighted by Gasteiger charge is -2.20. The van der Waals surface area contributed by atoms with Gasteiger partial charge in [0.1, 0.15) is 5.75 Å². The Bertz CT molecular complexity index is 1580. The van der Waals surface area contributed by atoms with Crippen LogP contribution >= 0.6 is 11.6 Å². The van der Waals surface area contributed by atoms with E-state index in [2.05, 4.69) is 61.8 Å². The number of amides is 1. The molecule has 1 amide bonds. The van der Waals surface area contributed by atoms with Crippen LogP contribution in [0.5, 0.6) is 5.75 Å². The molecule has 0 aliphatic rings. The molecule has 2 atom stereocenters. The fourth-order valence-electron chi connectivity index (χ4n) is 5.00. The van der Waals surface area contributed by atoms with Gasteiger partial charge in [0.2, 0.25) is 0 Å². The van der Waals surface area contributed by atoms with Gasteiger partial charge in [-0.3, -0.25) is 4.79 Å². The summed E-state index contributed by atoms with van der Waals surface area (Å²) in [5, 5.41) is 4.66. The highest BCUT2D eigenvalue weighted by atomic mass is 35.5. The number of aryl methyl sites for hydroxylation is 1. The maximum atomic E-state index is 13.2. The quantitative estimate of drug-likeness (QED) is 0.222. The van der Waals surface area contributed by atoms with Crippen molar-refractivity contribution in [3.8, 4) is 5.75 Å². The maximum Gasteiger partial charge on any atom is 0.346 e. The molecule has 0 aliphatic carbocycles. The average Bonchev–Trinajstić information content (AvgIpc) is 3.17. The molecular formula is C34H39ClN2O4. The van der Waals surface area contributed by atoms with Crippen molar-refractivity contribution in [2.45, 2.75) is 65.5 Å². The number of hydrogen-bond donors (Lipinski definition) is 1. The summed E-state index contributed by atoms with van der Waals surface area (Å²) in [5.74, 6) is -0.143. The van der Waals surface area contributed by atoms with Crippen molar-refractivity contribution in [1.29, 1.82) is 0 Å². The minimum absolute atomic E-state index is 0.0844. The first-order chi connectivity index (χ1) is 19.3. The summed E-state index contributed by atoms with van der Waals surface area (Å²) in [6, 6.07) is 19.8. The Labute approximate surface area is 247 Å². The van der Waals surface area contributed by atoms with Gasteiger partial charge in [-0.15, -0.1) is 0 Å². The van der Waals surface area contributed by atoms with E-state index in [0.717, 1.165) is 33.3 Å². The third kappa shape index (κ3) is 6.59. The molecule has 4 aromatic rings. The molecule has 0 aliphatic heterocycles. The zero-order chi connectivity index (χ0) is 30.1. The van der Waals surface area contributed by atoms with Gasteiger partial charge in [-0.25, -0.2) is 4.79 Å². The van der Waals surface area contributed by atoms with Crippen LogP contribution in [0.15, 0.2) is 60.7 Å². The van der Waals surface area contributed by atoms with Gasteiger partial charge in [-0.05, 0) is 79.1 Å². The zero-order valence-corrected chi connectivity index (χ0v) is 25.8. The summed E-state index contributed by atoms with van der Waals surface area (Å²) in [6.07, 6.45) is -0.102. The van der Waals surface area contributed by atoms with Gasteiger partial charge in [0, 0.05) is 29.2 Å². The van der Waals surface area contributed by atoms with Crippen molar-refractivity contribution in [2.75, 3.05) is 7.11 Å². The van der Waals surface area contributed by atoms with Gasteiger partial charge < -0.3 is 19.4 Å². The number of esters is 1. The molecule has 0 radical (unpaired) electrons. The smallest absolute Gasteiger partial charge is 0.346 e. The highest BCUT2D eigenvalue weighted by molar-refractivity contribution is 6.32. The third-order valence-corrected chi connectivity index (χ3v) is 8.02. The first kappa shape index (κ1) is 30.2. The predicted octanol–water partition coefficient (Wildman–Crippen LogP) is 7.46. The summed E-state index contributed by atoms with van der Waals surface area (Å²) in [6.45, 7) is 12.3. The van der Waals surface area contributed by atoms with Crippen LogP contribution in [0.4, 0.5) is 0 Å². The minimum Gasteiger partial charge on any atom is -0.477 e. The number of nitrogens with zero attached hydrogens (tertiary/aromatic N) is 1. The molecule has 1 heterocycles. The van der Waals surface area contributed by atoms with Crippen molar-refractivity contribution in [1.82, 2.24) is 9.88 Å². The molecule has 41 heavy (non-hydrogen) atoms. The Balaban J connectivity index is 1.52. The number of carbonyl (C=O) groups excluding carboxylic acids is 2. The SMILES string of the molecule is COC(=O)[C@@H](C)Oc1ccc(Cc2c(C)n(C)c3cc(C(=O)N[C@@H](C)c4ccc(C(C)(C)C)cc4)ccc23)cc1Cl. The van der Waals surface area contributed by atoms with Gasteiger partial charge in [0.05, 0.1) is 18.2 Å². The molecule has 1 aromatic heterocycles. The van der Waals surface area contributed by atoms with Crippen molar-refractivity contribution in [3.05, 3.63) is 99.2 Å². The third-order valence-electron chi connectivity index (χ3n) is 7.72. The van der Waals surface area contributed by atoms with E-state index in [9.17, 15) is 9.59 Å². The van der Waals surface area contributed by atoms with Crippen LogP contribution < -0.4 is 10.1 Å². The van der Waals surface area contributed by atoms with E-state index < -0.39 is 12.1 Å². The summed E-state index contributed by atoms with van der Waals surface area (Å²) in [4.78, 5) is 24.9. The van der Waals surface area contributed by atoms with Crippen LogP contribution in [0, 0.1) is 6.92 Å². The maximum absolute atomic E-state index is 13.2. The number of aromatic nitrogens is 1. The molecule has 1 N–H and O–H groups in total. The second-order valence-electron chi connectivity index (χ2n) is 11.6. The van der Waals surface area contributed by atoms with E-state index >= 15 is 0 Å². The molecule has 0 fully saturated rings. The first-order valence-electron chi connectivity index (χ1n) is 13.8. The molecule has 0 bridgehead atoms. The van der Waals surface area contributed by atoms with Crippen molar-refractivity contribution in [2.24, 2.45) is 7.05 Å². The van der Waals surface area contributed by atoms with Crippen LogP contribution in [-0.2, 0) is 28.4 Å². The number of carbonyl (C=O) groups is 2. The summed E-state index contributed by atoms with van der Waals surface area (Å²) in [7, 11) is 3.34. The summed E-state index contributed by atoms with van der Waals surface area (Å²) < 4.78 is 12.5. The molecule has 0 spiro atoms. The molecule has 6 nitrogen and oxygen atoms in total. The number of rotatable bonds is 8. The Hall–Kier alpha value is -3.77. The fourth-order valence-corrected chi connectivity index (χ4v) is 5.25. The molecule has 0 saturated heterocycles. The number of methoxy groups -OCH3 is 1. The zero-order valence-electron chi connectivity index (χ0n) is 25.1. The van der Waals surface area contributed by atoms with Gasteiger partial charge >= 0.3 is 5.97 Å². The lowest BCUT2D eigenvalue weighted by Crippen LogP contribution is -2.26. The average molecular weight is 575 g/mol. The van der Waals surface area contributed by atoms with E-state index in [-0.39, 0.29) is 17.4 Å². The second kappa shape index (κ2) is 12.0. The fraction of sp³-hybridized carbons (Fsp3) is 0.353. The highest BCUT2D eigenvalue weighted by Crippen LogP contribution is 2.32. The van der Waals surface area contributed by atoms with Crippen molar-refractivity contribution in [3.63, 3.8) is 0 Å². The molecule has 216 valence electrons. The van der Waals surface area contributed by atoms with Gasteiger partial charge in [0.15, 0.2) is 6.10 Å². The molecule has 7 heteroatoms. The van der Waals surface area contributed by atoms with Crippen molar-refractivity contribution < 1.29 is 19.1 Å². The monoisotopic (exact) mass is 574 g/mol. The van der Waals surface area contributed by atoms with E-state index in [0.29, 0.717) is 22.8 Å². The molecule has 0 saturated carbocycles. The van der Waals surface area contributed by atoms with Crippen LogP contribution in [0.3, 0.4) is 0 Å². The van der Waals surface area contributed by atoms with E-state index in [1.54, 1.807) is 13.0 Å². The van der Waals surface area contributed by atoms with Crippen LogP contribution in [-0.4, -0.2) is 29.7 Å². The lowest BCUT2D eigenvalue weighted by molar-refractivity contribution is -0.147. The van der Waals surface area contributed by atoms with E-state index in [1.807, 2.05) is 44.3 Å². The number of fused-ring (bicyclic) bond motifs is 1. The molecule has 0 unspecified atom stereocenters. The first-order valence-corrected chi connectivity index (χ1v) is 14.2. The topological polar surface area (TPSA) is 69.6 Å². The lowest BCUT2D eigenvalue weighted by atomic mass is 9.86. The standard InChI is InChI=1S/C34H39ClN2O4/c1-20(24-10-13-26(14-11-24)34(4,5)6)36-32(38)25-12-15-27-28(21(2)37(7)30(27)19-25)17-23-9-16-31(29(35)18-23)41-22(3)33(39)40-8/h9-16,18-20,22H,17H2,1-8H3,(H,36,38)/t20-,22+/m0/s1. The second-order valence-corrected chi connectivity index (χ2v) is 12.1. The van der Waals surface area contributed by atoms with Gasteiger partial charge in [0.25, 0.3) is 5.91 Å². The number of ether oxygens (including phenoxy) is 2. The summed E-state index contributed by atoms with van der Waals surface area (Å²) in [5.41, 5.74) is 7.31. The Kier molecular flexibility index (Phi) is 8.83. The van der Waals surface area contributed by atoms with Crippen LogP contribution in [0.2, 0.25) is 5.02 Å². The van der Waals surface area contributed by atoms with Crippen LogP contribution in [0.25, 0.3) is 10.9 Å². The highest BCUT2D eigenvalue weighted by Gasteiger charge is 2.20. The largest absolute Gasteiger partial charge is 0.477 e. The van der Waals surface area contributed by atoms with Gasteiger partial charge in [-0.1, -0.05) is 68.8 Å². The Morgan fingerprint density at radius 2 is 1.68 bits per heavy atom. The van der Waals surface area contributed by atoms with E-state index in [4.69, 9.17) is 21.1 Å². The Morgan fingerprint density at radius 1 is 1.00 bits per heavy atom. The number of hydrogen-bond acceptors (Lipinski definition) is 4. The van der Waals surface area contributed by atoms with Gasteiger partial charge in [-0.2, -0.15) is 0 Å². The molecular weight excluding hydrogens is 536 g/mol. The van der Waals surface area contributed by atoms with E-state index in [1.165, 1.54) is 12.7 Å². The number of benzene rings is 3. The molecule has 3 aromatic carbocycles. The number of halogens is 1. The Morgan fingerprint density at radius 3 is 2.29 bits per heavy atom. The van der Waals surface area contributed by atoms with Crippen molar-refractivity contribution >= 4 is 34.4 Å². The number of nitrogens with one attached hydrogen (secondary N) is 1. The predicted molar refractivity (Wildman–Crippen MR) is 165 cm³/mol.